The first-order valence-corrected chi connectivity index (χ1v) is 12.7. The molecule has 1 aliphatic carbocycles. The highest BCUT2D eigenvalue weighted by Crippen LogP contribution is 2.41. The highest BCUT2D eigenvalue weighted by Gasteiger charge is 2.38. The number of aromatic amines is 1. The smallest absolute Gasteiger partial charge is 0.222 e. The number of H-pyrrole nitrogens is 1. The molecule has 6 nitrogen and oxygen atoms in total. The summed E-state index contributed by atoms with van der Waals surface area (Å²) in [5, 5.41) is 4.38. The molecule has 1 saturated carbocycles. The van der Waals surface area contributed by atoms with Crippen molar-refractivity contribution in [1.82, 2.24) is 20.1 Å². The number of hydrogen-bond acceptors (Lipinski definition) is 3. The number of rotatable bonds is 9. The van der Waals surface area contributed by atoms with Gasteiger partial charge in [-0.3, -0.25) is 14.5 Å². The van der Waals surface area contributed by atoms with Crippen LogP contribution in [0.15, 0.2) is 60.8 Å². The number of benzene rings is 2. The van der Waals surface area contributed by atoms with E-state index in [9.17, 15) is 9.59 Å². The summed E-state index contributed by atoms with van der Waals surface area (Å²) in [4.78, 5) is 32.6. The molecule has 0 unspecified atom stereocenters. The molecule has 186 valence electrons. The first-order chi connectivity index (χ1) is 16.9. The van der Waals surface area contributed by atoms with Crippen LogP contribution in [-0.4, -0.2) is 60.3 Å². The van der Waals surface area contributed by atoms with E-state index in [0.29, 0.717) is 6.54 Å². The molecule has 4 rings (SSSR count). The summed E-state index contributed by atoms with van der Waals surface area (Å²) >= 11 is 0. The molecule has 0 radical (unpaired) electrons. The fourth-order valence-corrected chi connectivity index (χ4v) is 5.44. The third kappa shape index (κ3) is 5.76. The Balaban J connectivity index is 1.21. The van der Waals surface area contributed by atoms with Gasteiger partial charge in [0, 0.05) is 55.1 Å². The maximum absolute atomic E-state index is 12.6. The highest BCUT2D eigenvalue weighted by atomic mass is 16.2. The van der Waals surface area contributed by atoms with Crippen LogP contribution in [0.2, 0.25) is 0 Å². The summed E-state index contributed by atoms with van der Waals surface area (Å²) in [6.07, 6.45) is 7.18. The van der Waals surface area contributed by atoms with Gasteiger partial charge < -0.3 is 15.2 Å². The van der Waals surface area contributed by atoms with Crippen LogP contribution in [0.5, 0.6) is 0 Å². The lowest BCUT2D eigenvalue weighted by molar-refractivity contribution is -0.132. The number of fused-ring (bicyclic) bond motifs is 1. The molecule has 1 heterocycles. The van der Waals surface area contributed by atoms with E-state index < -0.39 is 0 Å². The van der Waals surface area contributed by atoms with Gasteiger partial charge in [-0.05, 0) is 63.4 Å². The summed E-state index contributed by atoms with van der Waals surface area (Å²) in [6.45, 7) is 0.636. The maximum atomic E-state index is 12.6. The number of aromatic nitrogens is 1. The van der Waals surface area contributed by atoms with Crippen molar-refractivity contribution in [3.63, 3.8) is 0 Å². The Morgan fingerprint density at radius 3 is 2.37 bits per heavy atom. The van der Waals surface area contributed by atoms with Gasteiger partial charge in [-0.15, -0.1) is 0 Å². The molecule has 1 fully saturated rings. The highest BCUT2D eigenvalue weighted by molar-refractivity contribution is 5.84. The Kier molecular flexibility index (Phi) is 7.91. The number of nitrogens with zero attached hydrogens (tertiary/aromatic N) is 2. The van der Waals surface area contributed by atoms with Gasteiger partial charge in [0.05, 0.1) is 0 Å². The summed E-state index contributed by atoms with van der Waals surface area (Å²) in [7, 11) is 6.11. The van der Waals surface area contributed by atoms with Crippen LogP contribution in [0.25, 0.3) is 10.9 Å². The Labute approximate surface area is 208 Å². The molecular formula is C29H38N4O2. The van der Waals surface area contributed by atoms with Gasteiger partial charge in [-0.25, -0.2) is 0 Å². The SMILES string of the molecule is CN(CCc1c[nH]c2ccccc12)C(=O)CCC(=O)NC1CCC(c2ccccc2)(N(C)C)CC1. The van der Waals surface area contributed by atoms with Crippen LogP contribution < -0.4 is 5.32 Å². The first kappa shape index (κ1) is 25.0. The third-order valence-corrected chi connectivity index (χ3v) is 7.73. The molecule has 6 heteroatoms. The number of para-hydroxylation sites is 1. The van der Waals surface area contributed by atoms with Crippen LogP contribution >= 0.6 is 0 Å². The van der Waals surface area contributed by atoms with Crippen LogP contribution in [0.3, 0.4) is 0 Å². The number of nitrogens with one attached hydrogen (secondary N) is 2. The predicted molar refractivity (Wildman–Crippen MR) is 141 cm³/mol. The molecule has 35 heavy (non-hydrogen) atoms. The van der Waals surface area contributed by atoms with Gasteiger partial charge in [0.1, 0.15) is 0 Å². The van der Waals surface area contributed by atoms with Crippen LogP contribution in [0, 0.1) is 0 Å². The molecule has 2 N–H and O–H groups in total. The molecule has 0 saturated heterocycles. The quantitative estimate of drug-likeness (QED) is 0.481. The molecule has 1 aliphatic rings. The van der Waals surface area contributed by atoms with E-state index in [-0.39, 0.29) is 36.2 Å². The van der Waals surface area contributed by atoms with E-state index in [4.69, 9.17) is 0 Å². The topological polar surface area (TPSA) is 68.4 Å². The van der Waals surface area contributed by atoms with Gasteiger partial charge in [0.15, 0.2) is 0 Å². The predicted octanol–water partition coefficient (Wildman–Crippen LogP) is 4.46. The lowest BCUT2D eigenvalue weighted by Crippen LogP contribution is -2.48. The van der Waals surface area contributed by atoms with Crippen molar-refractivity contribution >= 4 is 22.7 Å². The van der Waals surface area contributed by atoms with Gasteiger partial charge in [0.2, 0.25) is 11.8 Å². The molecule has 2 amide bonds. The standard InChI is InChI=1S/C29H38N4O2/c1-32(2)29(23-9-5-4-6-10-23)18-15-24(16-19-29)31-27(34)13-14-28(35)33(3)20-17-22-21-30-26-12-8-7-11-25(22)26/h4-12,21,24,30H,13-20H2,1-3H3,(H,31,34). The summed E-state index contributed by atoms with van der Waals surface area (Å²) in [5.74, 6) is -0.00946. The van der Waals surface area contributed by atoms with Crippen molar-refractivity contribution in [3.05, 3.63) is 71.9 Å². The minimum atomic E-state index is -0.0227. The van der Waals surface area contributed by atoms with Crippen molar-refractivity contribution in [3.8, 4) is 0 Å². The number of carbonyl (C=O) groups is 2. The summed E-state index contributed by atoms with van der Waals surface area (Å²) in [5.41, 5.74) is 3.68. The van der Waals surface area contributed by atoms with E-state index in [1.165, 1.54) is 16.5 Å². The second-order valence-corrected chi connectivity index (χ2v) is 10.1. The van der Waals surface area contributed by atoms with E-state index in [0.717, 1.165) is 37.6 Å². The zero-order valence-electron chi connectivity index (χ0n) is 21.2. The van der Waals surface area contributed by atoms with Crippen LogP contribution in [0.4, 0.5) is 0 Å². The lowest BCUT2D eigenvalue weighted by Gasteiger charge is -2.45. The summed E-state index contributed by atoms with van der Waals surface area (Å²) < 4.78 is 0. The Bertz CT molecular complexity index is 1130. The Morgan fingerprint density at radius 2 is 1.66 bits per heavy atom. The maximum Gasteiger partial charge on any atom is 0.222 e. The van der Waals surface area contributed by atoms with E-state index in [1.807, 2.05) is 25.4 Å². The molecule has 1 aromatic heterocycles. The molecule has 0 aliphatic heterocycles. The Morgan fingerprint density at radius 1 is 0.971 bits per heavy atom. The summed E-state index contributed by atoms with van der Waals surface area (Å²) in [6, 6.07) is 19.0. The largest absolute Gasteiger partial charge is 0.361 e. The number of carbonyl (C=O) groups excluding carboxylic acids is 2. The minimum Gasteiger partial charge on any atom is -0.361 e. The lowest BCUT2D eigenvalue weighted by atomic mass is 9.74. The van der Waals surface area contributed by atoms with E-state index >= 15 is 0 Å². The molecular weight excluding hydrogens is 436 g/mol. The fraction of sp³-hybridized carbons (Fsp3) is 0.448. The van der Waals surface area contributed by atoms with Gasteiger partial charge in [0.25, 0.3) is 0 Å². The normalized spacial score (nSPS) is 20.2. The van der Waals surface area contributed by atoms with Crippen LogP contribution in [-0.2, 0) is 21.5 Å². The second kappa shape index (κ2) is 11.1. The number of likely N-dealkylation sites (N-methyl/N-ethyl adjacent to an activating group) is 1. The van der Waals surface area contributed by atoms with E-state index in [2.05, 4.69) is 71.8 Å². The minimum absolute atomic E-state index is 0.0133. The van der Waals surface area contributed by atoms with Crippen molar-refractivity contribution in [2.24, 2.45) is 0 Å². The van der Waals surface area contributed by atoms with Crippen LogP contribution in [0.1, 0.15) is 49.7 Å². The second-order valence-electron chi connectivity index (χ2n) is 10.1. The van der Waals surface area contributed by atoms with Crippen molar-refractivity contribution in [1.29, 1.82) is 0 Å². The average Bonchev–Trinajstić information content (AvgIpc) is 3.30. The molecule has 0 bridgehead atoms. The van der Waals surface area contributed by atoms with Crippen molar-refractivity contribution in [2.45, 2.75) is 56.5 Å². The van der Waals surface area contributed by atoms with Crippen molar-refractivity contribution < 1.29 is 9.59 Å². The zero-order chi connectivity index (χ0) is 24.8. The van der Waals surface area contributed by atoms with Gasteiger partial charge >= 0.3 is 0 Å². The third-order valence-electron chi connectivity index (χ3n) is 7.73. The average molecular weight is 475 g/mol. The molecule has 0 spiro atoms. The number of hydrogen-bond donors (Lipinski definition) is 2. The zero-order valence-corrected chi connectivity index (χ0v) is 21.2. The van der Waals surface area contributed by atoms with Gasteiger partial charge in [-0.2, -0.15) is 0 Å². The molecule has 3 aromatic rings. The monoisotopic (exact) mass is 474 g/mol. The van der Waals surface area contributed by atoms with E-state index in [1.54, 1.807) is 4.90 Å². The molecule has 0 atom stereocenters. The van der Waals surface area contributed by atoms with Crippen molar-refractivity contribution in [2.75, 3.05) is 27.7 Å². The fourth-order valence-electron chi connectivity index (χ4n) is 5.44. The van der Waals surface area contributed by atoms with Gasteiger partial charge in [-0.1, -0.05) is 48.5 Å². The molecule has 2 aromatic carbocycles. The first-order valence-electron chi connectivity index (χ1n) is 12.7. The Hall–Kier alpha value is -3.12. The number of amides is 2.